The number of imidazole rings is 1. The van der Waals surface area contributed by atoms with Gasteiger partial charge < -0.3 is 10.3 Å². The van der Waals surface area contributed by atoms with Crippen molar-refractivity contribution in [2.45, 2.75) is 38.8 Å². The number of carbonyl (C=O) groups excluding carboxylic acids is 1. The van der Waals surface area contributed by atoms with E-state index in [0.29, 0.717) is 12.3 Å². The van der Waals surface area contributed by atoms with Gasteiger partial charge in [0.1, 0.15) is 5.82 Å². The van der Waals surface area contributed by atoms with E-state index in [2.05, 4.69) is 31.2 Å². The van der Waals surface area contributed by atoms with E-state index >= 15 is 0 Å². The van der Waals surface area contributed by atoms with Gasteiger partial charge in [0.2, 0.25) is 5.91 Å². The number of pyridine rings is 1. The lowest BCUT2D eigenvalue weighted by Crippen LogP contribution is -2.36. The van der Waals surface area contributed by atoms with Crippen molar-refractivity contribution in [2.24, 2.45) is 5.92 Å². The van der Waals surface area contributed by atoms with E-state index in [1.807, 2.05) is 49.5 Å². The zero-order valence-electron chi connectivity index (χ0n) is 16.3. The number of aromatic amines is 1. The number of rotatable bonds is 6. The van der Waals surface area contributed by atoms with Crippen LogP contribution in [0.2, 0.25) is 0 Å². The number of nitrogens with zero attached hydrogens (tertiary/aromatic N) is 3. The number of aromatic nitrogens is 3. The Labute approximate surface area is 165 Å². The Bertz CT molecular complexity index is 882. The van der Waals surface area contributed by atoms with Crippen LogP contribution in [-0.2, 0) is 11.3 Å². The van der Waals surface area contributed by atoms with Crippen molar-refractivity contribution >= 4 is 16.9 Å². The Kier molecular flexibility index (Phi) is 5.67. The zero-order valence-corrected chi connectivity index (χ0v) is 16.3. The highest BCUT2D eigenvalue weighted by Crippen LogP contribution is 2.22. The average molecular weight is 377 g/mol. The molecule has 1 aliphatic heterocycles. The summed E-state index contributed by atoms with van der Waals surface area (Å²) in [5.74, 6) is 1.36. The van der Waals surface area contributed by atoms with Gasteiger partial charge in [-0.1, -0.05) is 18.2 Å². The maximum atomic E-state index is 12.5. The zero-order chi connectivity index (χ0) is 19.3. The summed E-state index contributed by atoms with van der Waals surface area (Å²) >= 11 is 0. The van der Waals surface area contributed by atoms with Gasteiger partial charge >= 0.3 is 0 Å². The Hall–Kier alpha value is -2.73. The minimum Gasteiger partial charge on any atom is -0.346 e. The number of H-pyrrole nitrogens is 1. The van der Waals surface area contributed by atoms with E-state index in [1.165, 1.54) is 0 Å². The van der Waals surface area contributed by atoms with Gasteiger partial charge in [-0.15, -0.1) is 0 Å². The fourth-order valence-electron chi connectivity index (χ4n) is 3.88. The second-order valence-electron chi connectivity index (χ2n) is 7.67. The number of fused-ring (bicyclic) bond motifs is 1. The lowest BCUT2D eigenvalue weighted by Gasteiger charge is -2.31. The van der Waals surface area contributed by atoms with Crippen molar-refractivity contribution in [3.63, 3.8) is 0 Å². The largest absolute Gasteiger partial charge is 0.346 e. The van der Waals surface area contributed by atoms with Crippen LogP contribution in [0.15, 0.2) is 48.7 Å². The highest BCUT2D eigenvalue weighted by atomic mass is 16.1. The van der Waals surface area contributed by atoms with Gasteiger partial charge in [0.05, 0.1) is 22.8 Å². The number of likely N-dealkylation sites (tertiary alicyclic amines) is 1. The second-order valence-corrected chi connectivity index (χ2v) is 7.67. The highest BCUT2D eigenvalue weighted by Gasteiger charge is 2.23. The van der Waals surface area contributed by atoms with Crippen molar-refractivity contribution in [2.75, 3.05) is 13.1 Å². The molecule has 6 heteroatoms. The van der Waals surface area contributed by atoms with Crippen LogP contribution in [0.1, 0.15) is 43.7 Å². The van der Waals surface area contributed by atoms with Crippen molar-refractivity contribution in [3.05, 3.63) is 60.2 Å². The van der Waals surface area contributed by atoms with Crippen molar-refractivity contribution in [1.29, 1.82) is 0 Å². The highest BCUT2D eigenvalue weighted by molar-refractivity contribution is 5.77. The summed E-state index contributed by atoms with van der Waals surface area (Å²) in [5.41, 5.74) is 3.04. The molecule has 3 heterocycles. The Morgan fingerprint density at radius 1 is 1.21 bits per heavy atom. The fraction of sp³-hybridized carbons (Fsp3) is 0.409. The minimum atomic E-state index is -0.121. The van der Waals surface area contributed by atoms with E-state index in [-0.39, 0.29) is 11.9 Å². The summed E-state index contributed by atoms with van der Waals surface area (Å²) in [6.45, 7) is 4.91. The minimum absolute atomic E-state index is 0.108. The first-order chi connectivity index (χ1) is 13.7. The monoisotopic (exact) mass is 377 g/mol. The van der Waals surface area contributed by atoms with Gasteiger partial charge in [-0.3, -0.25) is 14.7 Å². The second kappa shape index (κ2) is 8.52. The van der Waals surface area contributed by atoms with Gasteiger partial charge in [-0.25, -0.2) is 4.98 Å². The molecule has 0 radical (unpaired) electrons. The first kappa shape index (κ1) is 18.6. The molecule has 1 amide bonds. The number of carbonyl (C=O) groups is 1. The molecular weight excluding hydrogens is 350 g/mol. The smallest absolute Gasteiger partial charge is 0.220 e. The lowest BCUT2D eigenvalue weighted by atomic mass is 9.93. The summed E-state index contributed by atoms with van der Waals surface area (Å²) in [7, 11) is 0. The maximum Gasteiger partial charge on any atom is 0.220 e. The topological polar surface area (TPSA) is 73.9 Å². The molecule has 0 bridgehead atoms. The molecule has 1 atom stereocenters. The van der Waals surface area contributed by atoms with Gasteiger partial charge in [0, 0.05) is 19.2 Å². The molecule has 4 rings (SSSR count). The number of amides is 1. The third-order valence-electron chi connectivity index (χ3n) is 5.49. The van der Waals surface area contributed by atoms with E-state index in [0.717, 1.165) is 55.0 Å². The maximum absolute atomic E-state index is 12.5. The van der Waals surface area contributed by atoms with Crippen LogP contribution < -0.4 is 5.32 Å². The van der Waals surface area contributed by atoms with Crippen LogP contribution in [0.5, 0.6) is 0 Å². The van der Waals surface area contributed by atoms with Crippen LogP contribution in [0.3, 0.4) is 0 Å². The fourth-order valence-corrected chi connectivity index (χ4v) is 3.88. The number of nitrogens with one attached hydrogen (secondary N) is 2. The van der Waals surface area contributed by atoms with Crippen molar-refractivity contribution in [3.8, 4) is 0 Å². The summed E-state index contributed by atoms with van der Waals surface area (Å²) in [5, 5.41) is 3.10. The van der Waals surface area contributed by atoms with Crippen LogP contribution in [0, 0.1) is 5.92 Å². The van der Waals surface area contributed by atoms with Crippen LogP contribution in [0.4, 0.5) is 0 Å². The number of piperidine rings is 1. The van der Waals surface area contributed by atoms with E-state index in [9.17, 15) is 4.79 Å². The molecule has 3 aromatic rings. The molecule has 28 heavy (non-hydrogen) atoms. The van der Waals surface area contributed by atoms with Gasteiger partial charge in [0.15, 0.2) is 0 Å². The third kappa shape index (κ3) is 4.57. The first-order valence-corrected chi connectivity index (χ1v) is 10.0. The van der Waals surface area contributed by atoms with Crippen LogP contribution >= 0.6 is 0 Å². The summed E-state index contributed by atoms with van der Waals surface area (Å²) in [6.07, 6.45) is 4.54. The predicted octanol–water partition coefficient (Wildman–Crippen LogP) is 3.44. The molecule has 1 fully saturated rings. The average Bonchev–Trinajstić information content (AvgIpc) is 3.15. The molecule has 0 unspecified atom stereocenters. The normalized spacial score (nSPS) is 16.9. The van der Waals surface area contributed by atoms with Gasteiger partial charge in [-0.05, 0) is 63.0 Å². The lowest BCUT2D eigenvalue weighted by molar-refractivity contribution is -0.123. The molecule has 1 saturated heterocycles. The Balaban J connectivity index is 1.24. The number of para-hydroxylation sites is 2. The molecule has 0 saturated carbocycles. The van der Waals surface area contributed by atoms with E-state index < -0.39 is 0 Å². The van der Waals surface area contributed by atoms with Gasteiger partial charge in [-0.2, -0.15) is 0 Å². The van der Waals surface area contributed by atoms with Gasteiger partial charge in [0.25, 0.3) is 0 Å². The Morgan fingerprint density at radius 3 is 2.75 bits per heavy atom. The van der Waals surface area contributed by atoms with Crippen LogP contribution in [0.25, 0.3) is 11.0 Å². The number of hydrogen-bond donors (Lipinski definition) is 2. The van der Waals surface area contributed by atoms with E-state index in [4.69, 9.17) is 0 Å². The molecule has 0 spiro atoms. The Morgan fingerprint density at radius 2 is 2.00 bits per heavy atom. The standard InChI is InChI=1S/C22H27N5O/c1-16(22-25-19-7-2-3-8-20(19)26-22)24-21(28)14-17-9-12-27(13-10-17)15-18-6-4-5-11-23-18/h2-8,11,16-17H,9-10,12-15H2,1H3,(H,24,28)(H,25,26)/t16-/m0/s1. The van der Waals surface area contributed by atoms with Crippen molar-refractivity contribution < 1.29 is 4.79 Å². The van der Waals surface area contributed by atoms with Crippen LogP contribution in [-0.4, -0.2) is 38.8 Å². The number of hydrogen-bond acceptors (Lipinski definition) is 4. The molecule has 146 valence electrons. The molecule has 2 aromatic heterocycles. The molecule has 0 aliphatic carbocycles. The first-order valence-electron chi connectivity index (χ1n) is 10.0. The molecule has 1 aliphatic rings. The molecular formula is C22H27N5O. The molecule has 6 nitrogen and oxygen atoms in total. The quantitative estimate of drug-likeness (QED) is 0.690. The molecule has 2 N–H and O–H groups in total. The van der Waals surface area contributed by atoms with E-state index in [1.54, 1.807) is 0 Å². The summed E-state index contributed by atoms with van der Waals surface area (Å²) < 4.78 is 0. The van der Waals surface area contributed by atoms with Crippen molar-refractivity contribution in [1.82, 2.24) is 25.2 Å². The predicted molar refractivity (Wildman–Crippen MR) is 110 cm³/mol. The summed E-state index contributed by atoms with van der Waals surface area (Å²) in [6, 6.07) is 13.8. The summed E-state index contributed by atoms with van der Waals surface area (Å²) in [4.78, 5) is 27.2. The number of benzene rings is 1. The molecule has 1 aromatic carbocycles. The SMILES string of the molecule is C[C@H](NC(=O)CC1CCN(Cc2ccccn2)CC1)c1nc2ccccc2[nH]1. The third-order valence-corrected chi connectivity index (χ3v) is 5.49.